The highest BCUT2D eigenvalue weighted by atomic mass is 79.9. The molecule has 0 saturated carbocycles. The van der Waals surface area contributed by atoms with Crippen molar-refractivity contribution in [1.29, 1.82) is 0 Å². The molecule has 1 heterocycles. The van der Waals surface area contributed by atoms with Crippen LogP contribution in [0.4, 0.5) is 0 Å². The second kappa shape index (κ2) is 6.48. The number of amides is 1. The van der Waals surface area contributed by atoms with Crippen molar-refractivity contribution in [1.82, 2.24) is 10.3 Å². The van der Waals surface area contributed by atoms with E-state index in [2.05, 4.69) is 26.2 Å². The van der Waals surface area contributed by atoms with Crippen molar-refractivity contribution in [2.75, 3.05) is 5.33 Å². The highest BCUT2D eigenvalue weighted by molar-refractivity contribution is 9.09. The Morgan fingerprint density at radius 1 is 1.62 bits per heavy atom. The van der Waals surface area contributed by atoms with Crippen LogP contribution in [0.2, 0.25) is 0 Å². The van der Waals surface area contributed by atoms with Crippen molar-refractivity contribution < 1.29 is 9.53 Å². The van der Waals surface area contributed by atoms with E-state index in [0.717, 1.165) is 5.56 Å². The number of nitrogens with zero attached hydrogens (tertiary/aromatic N) is 1. The van der Waals surface area contributed by atoms with Crippen molar-refractivity contribution in [2.45, 2.75) is 26.5 Å². The van der Waals surface area contributed by atoms with Crippen molar-refractivity contribution in [3.63, 3.8) is 0 Å². The lowest BCUT2D eigenvalue weighted by Crippen LogP contribution is -2.24. The minimum absolute atomic E-state index is 0.0562. The first-order valence-electron chi connectivity index (χ1n) is 5.06. The summed E-state index contributed by atoms with van der Waals surface area (Å²) < 4.78 is 5.54. The van der Waals surface area contributed by atoms with Crippen LogP contribution in [-0.2, 0) is 11.3 Å². The maximum absolute atomic E-state index is 11.1. The van der Waals surface area contributed by atoms with Gasteiger partial charge in [0.25, 0.3) is 0 Å². The number of ether oxygens (including phenoxy) is 1. The number of nitrogens with one attached hydrogen (secondary N) is 1. The van der Waals surface area contributed by atoms with Crippen LogP contribution in [0.15, 0.2) is 18.3 Å². The largest absolute Gasteiger partial charge is 0.475 e. The molecule has 0 aromatic carbocycles. The van der Waals surface area contributed by atoms with Gasteiger partial charge in [-0.05, 0) is 19.9 Å². The molecule has 16 heavy (non-hydrogen) atoms. The molecule has 0 spiro atoms. The first-order chi connectivity index (χ1) is 7.63. The molecule has 1 N–H and O–H groups in total. The normalized spacial score (nSPS) is 10.2. The number of hydrogen-bond donors (Lipinski definition) is 1. The zero-order valence-electron chi connectivity index (χ0n) is 9.37. The van der Waals surface area contributed by atoms with E-state index in [1.165, 1.54) is 0 Å². The van der Waals surface area contributed by atoms with Gasteiger partial charge in [0.05, 0.1) is 11.4 Å². The number of rotatable bonds is 5. The van der Waals surface area contributed by atoms with E-state index < -0.39 is 0 Å². The predicted octanol–water partition coefficient (Wildman–Crippen LogP) is 1.88. The van der Waals surface area contributed by atoms with Crippen LogP contribution in [0.3, 0.4) is 0 Å². The van der Waals surface area contributed by atoms with Crippen molar-refractivity contribution >= 4 is 21.8 Å². The fourth-order valence-electron chi connectivity index (χ4n) is 1.13. The standard InChI is InChI=1S/C11H15BrN2O2/c1-8(2)16-11-9(4-3-5-13-11)7-14-10(15)6-12/h3-5,8H,6-7H2,1-2H3,(H,14,15). The number of pyridine rings is 1. The molecule has 0 atom stereocenters. The monoisotopic (exact) mass is 286 g/mol. The summed E-state index contributed by atoms with van der Waals surface area (Å²) in [4.78, 5) is 15.2. The minimum atomic E-state index is -0.0562. The number of alkyl halides is 1. The lowest BCUT2D eigenvalue weighted by atomic mass is 10.2. The average Bonchev–Trinajstić information content (AvgIpc) is 2.26. The molecule has 1 amide bonds. The Kier molecular flexibility index (Phi) is 5.25. The minimum Gasteiger partial charge on any atom is -0.475 e. The Balaban J connectivity index is 2.67. The van der Waals surface area contributed by atoms with E-state index in [9.17, 15) is 4.79 Å². The van der Waals surface area contributed by atoms with Crippen LogP contribution in [0.5, 0.6) is 5.88 Å². The van der Waals surface area contributed by atoms with E-state index in [1.807, 2.05) is 26.0 Å². The molecule has 4 nitrogen and oxygen atoms in total. The summed E-state index contributed by atoms with van der Waals surface area (Å²) in [6.07, 6.45) is 1.74. The molecule has 1 aromatic rings. The summed E-state index contributed by atoms with van der Waals surface area (Å²) in [6.45, 7) is 4.31. The van der Waals surface area contributed by atoms with E-state index in [0.29, 0.717) is 17.8 Å². The molecule has 0 saturated heterocycles. The van der Waals surface area contributed by atoms with E-state index in [4.69, 9.17) is 4.74 Å². The molecule has 0 bridgehead atoms. The van der Waals surface area contributed by atoms with E-state index in [1.54, 1.807) is 6.20 Å². The third-order valence-corrected chi connectivity index (χ3v) is 2.30. The second-order valence-corrected chi connectivity index (χ2v) is 4.11. The number of halogens is 1. The number of aromatic nitrogens is 1. The van der Waals surface area contributed by atoms with Crippen molar-refractivity contribution in [3.05, 3.63) is 23.9 Å². The Bertz CT molecular complexity index is 356. The molecule has 88 valence electrons. The molecule has 1 aromatic heterocycles. The average molecular weight is 287 g/mol. The van der Waals surface area contributed by atoms with Crippen LogP contribution in [0, 0.1) is 0 Å². The van der Waals surface area contributed by atoms with Gasteiger partial charge in [-0.15, -0.1) is 0 Å². The molecular formula is C11H15BrN2O2. The van der Waals surface area contributed by atoms with Crippen LogP contribution >= 0.6 is 15.9 Å². The van der Waals surface area contributed by atoms with Crippen molar-refractivity contribution in [2.24, 2.45) is 0 Å². The first kappa shape index (κ1) is 13.0. The molecule has 1 rings (SSSR count). The van der Waals surface area contributed by atoms with Gasteiger partial charge in [-0.25, -0.2) is 4.98 Å². The first-order valence-corrected chi connectivity index (χ1v) is 6.19. The van der Waals surface area contributed by atoms with Gasteiger partial charge in [0.1, 0.15) is 0 Å². The second-order valence-electron chi connectivity index (χ2n) is 3.54. The van der Waals surface area contributed by atoms with Crippen LogP contribution in [0.25, 0.3) is 0 Å². The van der Waals surface area contributed by atoms with Gasteiger partial charge < -0.3 is 10.1 Å². The summed E-state index contributed by atoms with van der Waals surface area (Å²) in [5, 5.41) is 3.06. The SMILES string of the molecule is CC(C)Oc1ncccc1CNC(=O)CBr. The van der Waals surface area contributed by atoms with Crippen LogP contribution in [-0.4, -0.2) is 22.3 Å². The van der Waals surface area contributed by atoms with Gasteiger partial charge in [-0.2, -0.15) is 0 Å². The molecule has 0 aliphatic heterocycles. The van der Waals surface area contributed by atoms with Gasteiger partial charge in [-0.1, -0.05) is 22.0 Å². The highest BCUT2D eigenvalue weighted by Gasteiger charge is 2.07. The molecule has 0 fully saturated rings. The predicted molar refractivity (Wildman–Crippen MR) is 65.6 cm³/mol. The summed E-state index contributed by atoms with van der Waals surface area (Å²) >= 11 is 3.09. The van der Waals surface area contributed by atoms with E-state index >= 15 is 0 Å². The van der Waals surface area contributed by atoms with Crippen LogP contribution < -0.4 is 10.1 Å². The van der Waals surface area contributed by atoms with Gasteiger partial charge >= 0.3 is 0 Å². The number of carbonyl (C=O) groups excluding carboxylic acids is 1. The van der Waals surface area contributed by atoms with Gasteiger partial charge in [-0.3, -0.25) is 4.79 Å². The van der Waals surface area contributed by atoms with Gasteiger partial charge in [0.15, 0.2) is 0 Å². The summed E-state index contributed by atoms with van der Waals surface area (Å²) in [5.74, 6) is 0.520. The lowest BCUT2D eigenvalue weighted by molar-refractivity contribution is -0.118. The highest BCUT2D eigenvalue weighted by Crippen LogP contribution is 2.15. The van der Waals surface area contributed by atoms with E-state index in [-0.39, 0.29) is 12.0 Å². The van der Waals surface area contributed by atoms with Gasteiger partial charge in [0.2, 0.25) is 11.8 Å². The molecule has 0 aliphatic carbocycles. The fourth-order valence-corrected chi connectivity index (χ4v) is 1.33. The summed E-state index contributed by atoms with van der Waals surface area (Å²) in [6, 6.07) is 3.71. The Labute approximate surface area is 104 Å². The quantitative estimate of drug-likeness (QED) is 0.841. The summed E-state index contributed by atoms with van der Waals surface area (Å²) in [7, 11) is 0. The molecule has 0 aliphatic rings. The number of hydrogen-bond acceptors (Lipinski definition) is 3. The molecular weight excluding hydrogens is 272 g/mol. The third-order valence-electron chi connectivity index (χ3n) is 1.79. The summed E-state index contributed by atoms with van der Waals surface area (Å²) in [5.41, 5.74) is 0.880. The smallest absolute Gasteiger partial charge is 0.230 e. The number of carbonyl (C=O) groups is 1. The zero-order valence-corrected chi connectivity index (χ0v) is 11.0. The fraction of sp³-hybridized carbons (Fsp3) is 0.455. The molecule has 0 unspecified atom stereocenters. The Morgan fingerprint density at radius 2 is 2.38 bits per heavy atom. The molecule has 0 radical (unpaired) electrons. The lowest BCUT2D eigenvalue weighted by Gasteiger charge is -2.12. The topological polar surface area (TPSA) is 51.2 Å². The maximum atomic E-state index is 11.1. The van der Waals surface area contributed by atoms with Gasteiger partial charge in [0, 0.05) is 18.3 Å². The van der Waals surface area contributed by atoms with Crippen LogP contribution in [0.1, 0.15) is 19.4 Å². The molecule has 5 heteroatoms. The maximum Gasteiger partial charge on any atom is 0.230 e. The third kappa shape index (κ3) is 4.18. The zero-order chi connectivity index (χ0) is 12.0. The van der Waals surface area contributed by atoms with Crippen molar-refractivity contribution in [3.8, 4) is 5.88 Å². The Hall–Kier alpha value is -1.10. The Morgan fingerprint density at radius 3 is 3.00 bits per heavy atom.